The van der Waals surface area contributed by atoms with Crippen molar-refractivity contribution in [1.82, 2.24) is 14.8 Å². The van der Waals surface area contributed by atoms with Gasteiger partial charge in [0.1, 0.15) is 6.54 Å². The lowest BCUT2D eigenvalue weighted by Gasteiger charge is -2.02. The minimum atomic E-state index is -0.358. The first-order valence-corrected chi connectivity index (χ1v) is 6.91. The predicted octanol–water partition coefficient (Wildman–Crippen LogP) is 1.07. The largest absolute Gasteiger partial charge is 0.399 e. The van der Waals surface area contributed by atoms with E-state index in [-0.39, 0.29) is 18.0 Å². The number of aromatic nitrogens is 3. The summed E-state index contributed by atoms with van der Waals surface area (Å²) in [6.45, 7) is -0.155. The van der Waals surface area contributed by atoms with Gasteiger partial charge in [0.05, 0.1) is 10.2 Å². The van der Waals surface area contributed by atoms with Crippen molar-refractivity contribution in [2.24, 2.45) is 0 Å². The molecule has 0 spiro atoms. The molecule has 1 aromatic carbocycles. The molecule has 0 radical (unpaired) electrons. The Labute approximate surface area is 123 Å². The zero-order chi connectivity index (χ0) is 14.8. The molecule has 0 bridgehead atoms. The fourth-order valence-electron chi connectivity index (χ4n) is 1.80. The van der Waals surface area contributed by atoms with Gasteiger partial charge in [0.15, 0.2) is 5.13 Å². The van der Waals surface area contributed by atoms with Gasteiger partial charge in [-0.15, -0.1) is 0 Å². The van der Waals surface area contributed by atoms with Gasteiger partial charge in [-0.1, -0.05) is 11.3 Å². The molecule has 0 fully saturated rings. The van der Waals surface area contributed by atoms with Crippen LogP contribution >= 0.6 is 11.3 Å². The fraction of sp³-hybridized carbons (Fsp3) is 0.0769. The van der Waals surface area contributed by atoms with E-state index in [4.69, 9.17) is 5.73 Å². The van der Waals surface area contributed by atoms with E-state index in [0.717, 1.165) is 14.9 Å². The highest BCUT2D eigenvalue weighted by molar-refractivity contribution is 7.22. The fourth-order valence-corrected chi connectivity index (χ4v) is 2.73. The van der Waals surface area contributed by atoms with E-state index in [1.165, 1.54) is 29.7 Å². The standard InChI is InChI=1S/C13H11N5O2S/c14-8-3-4-9-10(6-8)21-13(16-9)17-11(19)7-18-12(20)2-1-5-15-18/h1-6H,7,14H2,(H,16,17,19). The van der Waals surface area contributed by atoms with Crippen LogP contribution in [0.5, 0.6) is 0 Å². The topological polar surface area (TPSA) is 103 Å². The van der Waals surface area contributed by atoms with Crippen molar-refractivity contribution in [2.45, 2.75) is 6.54 Å². The van der Waals surface area contributed by atoms with E-state index in [2.05, 4.69) is 15.4 Å². The lowest BCUT2D eigenvalue weighted by molar-refractivity contribution is -0.117. The van der Waals surface area contributed by atoms with Crippen molar-refractivity contribution < 1.29 is 4.79 Å². The number of rotatable bonds is 3. The van der Waals surface area contributed by atoms with Crippen LogP contribution in [0.1, 0.15) is 0 Å². The van der Waals surface area contributed by atoms with E-state index in [9.17, 15) is 9.59 Å². The van der Waals surface area contributed by atoms with Crippen molar-refractivity contribution in [3.8, 4) is 0 Å². The summed E-state index contributed by atoms with van der Waals surface area (Å²) in [6.07, 6.45) is 1.45. The molecule has 0 aliphatic carbocycles. The van der Waals surface area contributed by atoms with Gasteiger partial charge in [-0.05, 0) is 24.3 Å². The van der Waals surface area contributed by atoms with E-state index >= 15 is 0 Å². The normalized spacial score (nSPS) is 10.7. The number of carbonyl (C=O) groups is 1. The number of amides is 1. The third kappa shape index (κ3) is 2.90. The first kappa shape index (κ1) is 13.3. The molecule has 3 rings (SSSR count). The summed E-state index contributed by atoms with van der Waals surface area (Å²) in [4.78, 5) is 27.7. The van der Waals surface area contributed by atoms with Crippen LogP contribution in [-0.4, -0.2) is 20.7 Å². The number of nitrogen functional groups attached to an aromatic ring is 1. The minimum Gasteiger partial charge on any atom is -0.399 e. The van der Waals surface area contributed by atoms with Gasteiger partial charge < -0.3 is 11.1 Å². The van der Waals surface area contributed by atoms with Crippen LogP contribution in [0.2, 0.25) is 0 Å². The number of benzene rings is 1. The number of hydrogen-bond donors (Lipinski definition) is 2. The highest BCUT2D eigenvalue weighted by atomic mass is 32.1. The van der Waals surface area contributed by atoms with Crippen molar-refractivity contribution in [1.29, 1.82) is 0 Å². The number of anilines is 2. The van der Waals surface area contributed by atoms with Crippen LogP contribution in [0.25, 0.3) is 10.2 Å². The number of thiazole rings is 1. The maximum absolute atomic E-state index is 11.9. The zero-order valence-corrected chi connectivity index (χ0v) is 11.6. The highest BCUT2D eigenvalue weighted by Crippen LogP contribution is 2.27. The Balaban J connectivity index is 1.77. The maximum atomic E-state index is 11.9. The highest BCUT2D eigenvalue weighted by Gasteiger charge is 2.09. The molecule has 21 heavy (non-hydrogen) atoms. The zero-order valence-electron chi connectivity index (χ0n) is 10.8. The molecule has 2 heterocycles. The van der Waals surface area contributed by atoms with Crippen LogP contribution in [0, 0.1) is 0 Å². The lowest BCUT2D eigenvalue weighted by atomic mass is 10.3. The quantitative estimate of drug-likeness (QED) is 0.704. The molecular formula is C13H11N5O2S. The summed E-state index contributed by atoms with van der Waals surface area (Å²) < 4.78 is 1.97. The Kier molecular flexibility index (Phi) is 3.36. The number of nitrogens with zero attached hydrogens (tertiary/aromatic N) is 3. The lowest BCUT2D eigenvalue weighted by Crippen LogP contribution is -2.28. The molecule has 0 unspecified atom stereocenters. The average Bonchev–Trinajstić information content (AvgIpc) is 2.82. The average molecular weight is 301 g/mol. The van der Waals surface area contributed by atoms with Crippen LogP contribution in [-0.2, 0) is 11.3 Å². The Morgan fingerprint density at radius 1 is 1.38 bits per heavy atom. The predicted molar refractivity (Wildman–Crippen MR) is 81.2 cm³/mol. The minimum absolute atomic E-state index is 0.155. The van der Waals surface area contributed by atoms with Gasteiger partial charge in [0, 0.05) is 18.0 Å². The second-order valence-electron chi connectivity index (χ2n) is 4.31. The van der Waals surface area contributed by atoms with Crippen LogP contribution in [0.4, 0.5) is 10.8 Å². The molecule has 3 N–H and O–H groups in total. The van der Waals surface area contributed by atoms with Gasteiger partial charge >= 0.3 is 0 Å². The number of carbonyl (C=O) groups excluding carboxylic acids is 1. The van der Waals surface area contributed by atoms with Crippen molar-refractivity contribution >= 4 is 38.3 Å². The van der Waals surface area contributed by atoms with Gasteiger partial charge in [-0.25, -0.2) is 9.67 Å². The second kappa shape index (κ2) is 5.33. The monoisotopic (exact) mass is 301 g/mol. The van der Waals surface area contributed by atoms with Crippen molar-refractivity contribution in [3.05, 3.63) is 46.9 Å². The molecule has 0 aliphatic heterocycles. The number of hydrogen-bond acceptors (Lipinski definition) is 6. The van der Waals surface area contributed by atoms with Gasteiger partial charge in [-0.3, -0.25) is 9.59 Å². The summed E-state index contributed by atoms with van der Waals surface area (Å²) >= 11 is 1.32. The van der Waals surface area contributed by atoms with E-state index in [1.807, 2.05) is 0 Å². The molecule has 0 aliphatic rings. The van der Waals surface area contributed by atoms with E-state index in [1.54, 1.807) is 18.2 Å². The van der Waals surface area contributed by atoms with Gasteiger partial charge in [-0.2, -0.15) is 5.10 Å². The summed E-state index contributed by atoms with van der Waals surface area (Å²) in [6, 6.07) is 8.21. The molecule has 1 amide bonds. The second-order valence-corrected chi connectivity index (χ2v) is 5.34. The molecule has 106 valence electrons. The van der Waals surface area contributed by atoms with E-state index < -0.39 is 0 Å². The number of nitrogens with one attached hydrogen (secondary N) is 1. The molecule has 3 aromatic rings. The SMILES string of the molecule is Nc1ccc2nc(NC(=O)Cn3ncccc3=O)sc2c1. The molecular weight excluding hydrogens is 290 g/mol. The molecule has 8 heteroatoms. The van der Waals surface area contributed by atoms with Gasteiger partial charge in [0.2, 0.25) is 5.91 Å². The Morgan fingerprint density at radius 2 is 2.24 bits per heavy atom. The number of fused-ring (bicyclic) bond motifs is 1. The van der Waals surface area contributed by atoms with Crippen LogP contribution < -0.4 is 16.6 Å². The summed E-state index contributed by atoms with van der Waals surface area (Å²) in [5.74, 6) is -0.358. The first-order valence-electron chi connectivity index (χ1n) is 6.10. The van der Waals surface area contributed by atoms with Crippen LogP contribution in [0.3, 0.4) is 0 Å². The Hall–Kier alpha value is -2.74. The summed E-state index contributed by atoms with van der Waals surface area (Å²) in [5.41, 5.74) is 6.78. The smallest absolute Gasteiger partial charge is 0.267 e. The maximum Gasteiger partial charge on any atom is 0.267 e. The Bertz CT molecular complexity index is 870. The van der Waals surface area contributed by atoms with Crippen molar-refractivity contribution in [2.75, 3.05) is 11.1 Å². The summed E-state index contributed by atoms with van der Waals surface area (Å²) in [7, 11) is 0. The molecule has 0 saturated heterocycles. The molecule has 0 saturated carbocycles. The number of nitrogens with two attached hydrogens (primary N) is 1. The first-order chi connectivity index (χ1) is 10.1. The van der Waals surface area contributed by atoms with Crippen LogP contribution in [0.15, 0.2) is 41.3 Å². The Morgan fingerprint density at radius 3 is 3.05 bits per heavy atom. The van der Waals surface area contributed by atoms with Gasteiger partial charge in [0.25, 0.3) is 5.56 Å². The van der Waals surface area contributed by atoms with Crippen molar-refractivity contribution in [3.63, 3.8) is 0 Å². The third-order valence-corrected chi connectivity index (χ3v) is 3.67. The molecule has 2 aromatic heterocycles. The van der Waals surface area contributed by atoms with E-state index in [0.29, 0.717) is 10.8 Å². The molecule has 7 nitrogen and oxygen atoms in total. The third-order valence-electron chi connectivity index (χ3n) is 2.74. The summed E-state index contributed by atoms with van der Waals surface area (Å²) in [5, 5.41) is 6.94. The molecule has 0 atom stereocenters.